The molecule has 380 valence electrons. The molecule has 0 saturated heterocycles. The van der Waals surface area contributed by atoms with E-state index in [-0.39, 0.29) is 54.2 Å². The van der Waals surface area contributed by atoms with Gasteiger partial charge in [0.1, 0.15) is 11.5 Å². The second-order valence-corrected chi connectivity index (χ2v) is 24.4. The number of aromatic nitrogens is 3. The van der Waals surface area contributed by atoms with Gasteiger partial charge in [0.25, 0.3) is 0 Å². The molecular formula is C68H66N4O2Pt. The number of phenols is 2. The fraction of sp³-hybridized carbons (Fsp3) is 0.235. The summed E-state index contributed by atoms with van der Waals surface area (Å²) in [6, 6.07) is 57.3. The molecule has 0 amide bonds. The van der Waals surface area contributed by atoms with Gasteiger partial charge in [-0.2, -0.15) is 0 Å². The Labute approximate surface area is 455 Å². The number of benzene rings is 8. The van der Waals surface area contributed by atoms with Gasteiger partial charge >= 0.3 is 0 Å². The van der Waals surface area contributed by atoms with E-state index in [2.05, 4.69) is 189 Å². The number of rotatable bonds is 6. The van der Waals surface area contributed by atoms with E-state index in [1.807, 2.05) is 60.7 Å². The zero-order valence-corrected chi connectivity index (χ0v) is 47.4. The van der Waals surface area contributed by atoms with Gasteiger partial charge < -0.3 is 19.3 Å². The molecule has 0 fully saturated rings. The Balaban J connectivity index is 0.00000641. The van der Waals surface area contributed by atoms with Crippen molar-refractivity contribution >= 4 is 66.3 Å². The number of pyridine rings is 1. The first kappa shape index (κ1) is 51.2. The molecule has 75 heavy (non-hydrogen) atoms. The molecule has 11 rings (SSSR count). The predicted molar refractivity (Wildman–Crippen MR) is 313 cm³/mol. The van der Waals surface area contributed by atoms with Gasteiger partial charge in [0.05, 0.1) is 56.4 Å². The van der Waals surface area contributed by atoms with E-state index in [0.717, 1.165) is 50.0 Å². The molecule has 6 nitrogen and oxygen atoms in total. The Bertz CT molecular complexity index is 3930. The molecule has 0 bridgehead atoms. The third-order valence-corrected chi connectivity index (χ3v) is 15.0. The number of aliphatic imine (C=N–C) groups is 1. The minimum Gasteiger partial charge on any atom is -0.507 e. The number of hydrogen-bond acceptors (Lipinski definition) is 4. The van der Waals surface area contributed by atoms with Crippen LogP contribution in [-0.2, 0) is 42.7 Å². The van der Waals surface area contributed by atoms with Crippen LogP contribution in [0.15, 0.2) is 169 Å². The maximum atomic E-state index is 12.1. The van der Waals surface area contributed by atoms with Gasteiger partial charge in [0, 0.05) is 65.3 Å². The van der Waals surface area contributed by atoms with Crippen molar-refractivity contribution in [3.63, 3.8) is 0 Å². The smallest absolute Gasteiger partial charge is 0.127 e. The molecule has 0 aliphatic carbocycles. The molecule has 8 aromatic carbocycles. The summed E-state index contributed by atoms with van der Waals surface area (Å²) in [6.45, 7) is 27.1. The van der Waals surface area contributed by atoms with Gasteiger partial charge in [0.15, 0.2) is 0 Å². The second-order valence-electron chi connectivity index (χ2n) is 24.4. The molecular weight excluding hydrogens is 1100 g/mol. The summed E-state index contributed by atoms with van der Waals surface area (Å²) in [5.74, 6) is 0.267. The quantitative estimate of drug-likeness (QED) is 0.163. The van der Waals surface area contributed by atoms with Gasteiger partial charge in [-0.15, -0.1) is 0 Å². The van der Waals surface area contributed by atoms with Gasteiger partial charge in [0.2, 0.25) is 0 Å². The predicted octanol–water partition coefficient (Wildman–Crippen LogP) is 18.1. The molecule has 0 atom stereocenters. The van der Waals surface area contributed by atoms with Crippen LogP contribution >= 0.6 is 0 Å². The molecule has 2 N–H and O–H groups in total. The van der Waals surface area contributed by atoms with Crippen molar-refractivity contribution in [2.75, 3.05) is 0 Å². The summed E-state index contributed by atoms with van der Waals surface area (Å²) in [6.07, 6.45) is 1.76. The Hall–Kier alpha value is -7.27. The maximum absolute atomic E-state index is 12.1. The molecule has 0 unspecified atom stereocenters. The van der Waals surface area contributed by atoms with E-state index in [1.54, 1.807) is 12.3 Å². The van der Waals surface area contributed by atoms with Gasteiger partial charge in [-0.3, -0.25) is 4.99 Å². The summed E-state index contributed by atoms with van der Waals surface area (Å²) in [7, 11) is 0. The summed E-state index contributed by atoms with van der Waals surface area (Å²) >= 11 is 0. The fourth-order valence-corrected chi connectivity index (χ4v) is 10.7. The minimum absolute atomic E-state index is 0. The van der Waals surface area contributed by atoms with E-state index in [4.69, 9.17) is 9.98 Å². The van der Waals surface area contributed by atoms with E-state index in [9.17, 15) is 10.2 Å². The van der Waals surface area contributed by atoms with Crippen LogP contribution in [0.4, 0.5) is 5.69 Å². The van der Waals surface area contributed by atoms with Crippen LogP contribution in [0.5, 0.6) is 11.5 Å². The van der Waals surface area contributed by atoms with Crippen molar-refractivity contribution in [2.24, 2.45) is 4.99 Å². The van der Waals surface area contributed by atoms with Crippen LogP contribution in [0.2, 0.25) is 0 Å². The molecule has 7 heteroatoms. The van der Waals surface area contributed by atoms with Crippen molar-refractivity contribution in [1.29, 1.82) is 0 Å². The molecule has 11 aromatic rings. The van der Waals surface area contributed by atoms with Gasteiger partial charge in [-0.05, 0) is 146 Å². The fourth-order valence-electron chi connectivity index (χ4n) is 10.7. The van der Waals surface area contributed by atoms with Crippen LogP contribution < -0.4 is 0 Å². The second kappa shape index (κ2) is 18.5. The Morgan fingerprint density at radius 1 is 0.427 bits per heavy atom. The van der Waals surface area contributed by atoms with Crippen LogP contribution in [0, 0.1) is 0 Å². The summed E-state index contributed by atoms with van der Waals surface area (Å²) in [5, 5.41) is 30.2. The Kier molecular flexibility index (Phi) is 12.7. The molecule has 0 aliphatic rings. The first-order chi connectivity index (χ1) is 35.0. The number of nitrogens with zero attached hydrogens (tertiary/aromatic N) is 4. The average molecular weight is 1170 g/mol. The van der Waals surface area contributed by atoms with Crippen molar-refractivity contribution in [3.05, 3.63) is 192 Å². The van der Waals surface area contributed by atoms with Crippen molar-refractivity contribution in [2.45, 2.75) is 105 Å². The normalized spacial score (nSPS) is 12.7. The first-order valence-corrected chi connectivity index (χ1v) is 25.9. The summed E-state index contributed by atoms with van der Waals surface area (Å²) in [4.78, 5) is 10.3. The standard InChI is InChI=1S/C68H66N4O2.Pt/c1-65(2,3)43-21-27-58-51(35-43)52-36-44(66(4,5)6)22-28-59(52)71(58)48-25-26-49(63(74)39-48)56-34-42(41-17-14-13-15-18-41)33-47(70-56)40-69-55-20-16-19-50-57(31-32-62(73)64(50)55)72-60-29-23-45(67(7,8)9)37-53(60)54-38-46(68(10,11)12)24-30-61(54)72;/h13-40,73-74H,1-12H3;. The van der Waals surface area contributed by atoms with E-state index < -0.39 is 0 Å². The molecule has 3 aromatic heterocycles. The van der Waals surface area contributed by atoms with E-state index >= 15 is 0 Å². The van der Waals surface area contributed by atoms with Crippen molar-refractivity contribution in [1.82, 2.24) is 14.1 Å². The SMILES string of the molecule is CC(C)(C)c1ccc2c(c1)c1cc(C(C)(C)C)ccc1n2-c1ccc(-c2cc(-c3ccccc3)cc(C=Nc3cccc4c(-n5c6ccc(C(C)(C)C)cc6c6cc(C(C)(C)C)ccc65)ccc(O)c34)n2)c(O)c1.[Pt]. The maximum Gasteiger partial charge on any atom is 0.127 e. The molecule has 0 radical (unpaired) electrons. The third-order valence-electron chi connectivity index (χ3n) is 15.0. The number of fused-ring (bicyclic) bond motifs is 7. The number of hydrogen-bond donors (Lipinski definition) is 2. The molecule has 0 saturated carbocycles. The van der Waals surface area contributed by atoms with Crippen molar-refractivity contribution < 1.29 is 31.3 Å². The van der Waals surface area contributed by atoms with Crippen LogP contribution in [0.1, 0.15) is 111 Å². The Morgan fingerprint density at radius 3 is 1.40 bits per heavy atom. The van der Waals surface area contributed by atoms with Gasteiger partial charge in [-0.1, -0.05) is 150 Å². The van der Waals surface area contributed by atoms with Crippen LogP contribution in [-0.4, -0.2) is 30.5 Å². The molecule has 0 spiro atoms. The minimum atomic E-state index is -0.0213. The number of aromatic hydroxyl groups is 2. The largest absolute Gasteiger partial charge is 0.507 e. The first-order valence-electron chi connectivity index (χ1n) is 25.9. The molecule has 3 heterocycles. The van der Waals surface area contributed by atoms with Crippen LogP contribution in [0.25, 0.3) is 88.1 Å². The van der Waals surface area contributed by atoms with E-state index in [0.29, 0.717) is 28.0 Å². The average Bonchev–Trinajstić information content (AvgIpc) is 3.86. The van der Waals surface area contributed by atoms with Gasteiger partial charge in [-0.25, -0.2) is 4.98 Å². The van der Waals surface area contributed by atoms with E-state index in [1.165, 1.54) is 43.8 Å². The monoisotopic (exact) mass is 1170 g/mol. The van der Waals surface area contributed by atoms with Crippen molar-refractivity contribution in [3.8, 4) is 45.3 Å². The zero-order chi connectivity index (χ0) is 52.2. The van der Waals surface area contributed by atoms with Crippen LogP contribution in [0.3, 0.4) is 0 Å². The number of phenolic OH excluding ortho intramolecular Hbond substituents is 2. The topological polar surface area (TPSA) is 75.6 Å². The summed E-state index contributed by atoms with van der Waals surface area (Å²) < 4.78 is 4.59. The zero-order valence-electron chi connectivity index (χ0n) is 45.2. The Morgan fingerprint density at radius 2 is 0.920 bits per heavy atom. The third kappa shape index (κ3) is 9.26. The summed E-state index contributed by atoms with van der Waals surface area (Å²) in [5.41, 5.74) is 15.6. The molecule has 0 aliphatic heterocycles.